The van der Waals surface area contributed by atoms with Crippen LogP contribution in [0.2, 0.25) is 5.02 Å². The molecule has 1 aromatic carbocycles. The van der Waals surface area contributed by atoms with Crippen molar-refractivity contribution in [2.45, 2.75) is 19.1 Å². The van der Waals surface area contributed by atoms with Gasteiger partial charge in [0.15, 0.2) is 5.78 Å². The first-order valence-corrected chi connectivity index (χ1v) is 4.74. The van der Waals surface area contributed by atoms with E-state index >= 15 is 0 Å². The molecule has 0 heterocycles. The van der Waals surface area contributed by atoms with Gasteiger partial charge in [-0.25, -0.2) is 0 Å². The van der Waals surface area contributed by atoms with Gasteiger partial charge in [0.2, 0.25) is 0 Å². The summed E-state index contributed by atoms with van der Waals surface area (Å²) in [4.78, 5) is 11.0. The van der Waals surface area contributed by atoms with Crippen LogP contribution in [0.1, 0.15) is 24.1 Å². The molecule has 6 heteroatoms. The smallest absolute Gasteiger partial charge is 0.318 e. The van der Waals surface area contributed by atoms with Gasteiger partial charge >= 0.3 is 6.18 Å². The number of alkyl halides is 3. The molecule has 0 radical (unpaired) electrons. The summed E-state index contributed by atoms with van der Waals surface area (Å²) in [6.07, 6.45) is -4.55. The van der Waals surface area contributed by atoms with Crippen LogP contribution in [-0.2, 0) is 11.0 Å². The second-order valence-electron chi connectivity index (χ2n) is 3.33. The summed E-state index contributed by atoms with van der Waals surface area (Å²) in [5, 5.41) is -0.410. The molecule has 0 saturated carbocycles. The first-order valence-electron chi connectivity index (χ1n) is 4.36. The highest BCUT2D eigenvalue weighted by Gasteiger charge is 2.33. The third-order valence-corrected chi connectivity index (χ3v) is 2.42. The summed E-state index contributed by atoms with van der Waals surface area (Å²) < 4.78 is 37.4. The fourth-order valence-corrected chi connectivity index (χ4v) is 1.41. The first kappa shape index (κ1) is 13.0. The summed E-state index contributed by atoms with van der Waals surface area (Å²) >= 11 is 5.42. The van der Waals surface area contributed by atoms with Crippen molar-refractivity contribution < 1.29 is 18.0 Å². The van der Waals surface area contributed by atoms with Gasteiger partial charge in [-0.1, -0.05) is 17.7 Å². The molecule has 0 aliphatic carbocycles. The van der Waals surface area contributed by atoms with Gasteiger partial charge in [-0.2, -0.15) is 13.2 Å². The van der Waals surface area contributed by atoms with Crippen molar-refractivity contribution >= 4 is 17.4 Å². The molecule has 2 N–H and O–H groups in total. The quantitative estimate of drug-likeness (QED) is 0.878. The lowest BCUT2D eigenvalue weighted by molar-refractivity contribution is -0.137. The minimum atomic E-state index is -4.55. The number of hydrogen-bond donors (Lipinski definition) is 1. The van der Waals surface area contributed by atoms with Crippen molar-refractivity contribution in [2.24, 2.45) is 5.73 Å². The largest absolute Gasteiger partial charge is 0.417 e. The second-order valence-corrected chi connectivity index (χ2v) is 3.73. The van der Waals surface area contributed by atoms with Gasteiger partial charge < -0.3 is 5.73 Å². The Morgan fingerprint density at radius 2 is 2.00 bits per heavy atom. The Labute approximate surface area is 95.2 Å². The predicted octanol–water partition coefficient (Wildman–Crippen LogP) is 2.95. The maximum Gasteiger partial charge on any atom is 0.417 e. The molecule has 0 bridgehead atoms. The highest BCUT2D eigenvalue weighted by atomic mass is 35.5. The molecule has 88 valence electrons. The average molecular weight is 252 g/mol. The van der Waals surface area contributed by atoms with Crippen LogP contribution in [0, 0.1) is 0 Å². The van der Waals surface area contributed by atoms with Crippen LogP contribution in [0.3, 0.4) is 0 Å². The topological polar surface area (TPSA) is 43.1 Å². The lowest BCUT2D eigenvalue weighted by Gasteiger charge is -2.13. The number of benzene rings is 1. The fourth-order valence-electron chi connectivity index (χ4n) is 1.19. The van der Waals surface area contributed by atoms with E-state index in [-0.39, 0.29) is 5.56 Å². The van der Waals surface area contributed by atoms with E-state index in [4.69, 9.17) is 17.3 Å². The SMILES string of the molecule is CC(=O)C(N)c1ccc(Cl)c(C(F)(F)F)c1. The van der Waals surface area contributed by atoms with Crippen LogP contribution in [0.25, 0.3) is 0 Å². The standard InChI is InChI=1S/C10H9ClF3NO/c1-5(16)9(15)6-2-3-8(11)7(4-6)10(12,13)14/h2-4,9H,15H2,1H3. The zero-order valence-corrected chi connectivity index (χ0v) is 9.06. The minimum Gasteiger partial charge on any atom is -0.318 e. The second kappa shape index (κ2) is 4.43. The van der Waals surface area contributed by atoms with Crippen molar-refractivity contribution in [3.05, 3.63) is 34.3 Å². The molecular formula is C10H9ClF3NO. The lowest BCUT2D eigenvalue weighted by atomic mass is 10.0. The number of carbonyl (C=O) groups is 1. The average Bonchev–Trinajstić information content (AvgIpc) is 2.15. The third kappa shape index (κ3) is 2.74. The van der Waals surface area contributed by atoms with Crippen LogP contribution in [-0.4, -0.2) is 5.78 Å². The first-order chi connectivity index (χ1) is 7.23. The molecular weight excluding hydrogens is 243 g/mol. The van der Waals surface area contributed by atoms with Crippen LogP contribution < -0.4 is 5.73 Å². The molecule has 1 atom stereocenters. The number of rotatable bonds is 2. The molecule has 16 heavy (non-hydrogen) atoms. The fraction of sp³-hybridized carbons (Fsp3) is 0.300. The number of carbonyl (C=O) groups excluding carboxylic acids is 1. The zero-order valence-electron chi connectivity index (χ0n) is 8.31. The van der Waals surface area contributed by atoms with E-state index in [1.807, 2.05) is 0 Å². The van der Waals surface area contributed by atoms with E-state index < -0.39 is 28.6 Å². The molecule has 0 amide bonds. The summed E-state index contributed by atoms with van der Waals surface area (Å²) in [6, 6.07) is 2.14. The van der Waals surface area contributed by atoms with Gasteiger partial charge in [0.05, 0.1) is 16.6 Å². The van der Waals surface area contributed by atoms with E-state index in [2.05, 4.69) is 0 Å². The highest BCUT2D eigenvalue weighted by molar-refractivity contribution is 6.31. The molecule has 2 nitrogen and oxygen atoms in total. The molecule has 0 aliphatic heterocycles. The van der Waals surface area contributed by atoms with E-state index in [0.29, 0.717) is 0 Å². The van der Waals surface area contributed by atoms with Gasteiger partial charge in [0.25, 0.3) is 0 Å². The summed E-state index contributed by atoms with van der Waals surface area (Å²) in [6.45, 7) is 1.21. The molecule has 0 aliphatic rings. The molecule has 0 aromatic heterocycles. The maximum absolute atomic E-state index is 12.5. The van der Waals surface area contributed by atoms with Gasteiger partial charge in [0.1, 0.15) is 0 Å². The monoisotopic (exact) mass is 251 g/mol. The number of nitrogens with two attached hydrogens (primary N) is 1. The Morgan fingerprint density at radius 1 is 1.44 bits per heavy atom. The summed E-state index contributed by atoms with van der Waals surface area (Å²) in [7, 11) is 0. The minimum absolute atomic E-state index is 0.101. The predicted molar refractivity (Wildman–Crippen MR) is 54.1 cm³/mol. The number of halogens is 4. The number of hydrogen-bond acceptors (Lipinski definition) is 2. The van der Waals surface area contributed by atoms with Gasteiger partial charge in [0, 0.05) is 0 Å². The van der Waals surface area contributed by atoms with Crippen LogP contribution in [0.5, 0.6) is 0 Å². The van der Waals surface area contributed by atoms with Crippen molar-refractivity contribution in [1.29, 1.82) is 0 Å². The molecule has 0 saturated heterocycles. The van der Waals surface area contributed by atoms with Crippen molar-refractivity contribution in [1.82, 2.24) is 0 Å². The lowest BCUT2D eigenvalue weighted by Crippen LogP contribution is -2.19. The molecule has 0 fully saturated rings. The molecule has 1 unspecified atom stereocenters. The zero-order chi connectivity index (χ0) is 12.5. The third-order valence-electron chi connectivity index (χ3n) is 2.09. The Morgan fingerprint density at radius 3 is 2.44 bits per heavy atom. The highest BCUT2D eigenvalue weighted by Crippen LogP contribution is 2.35. The number of Topliss-reactive ketones (excluding diaryl/α,β-unsaturated/α-hetero) is 1. The maximum atomic E-state index is 12.5. The Hall–Kier alpha value is -1.07. The van der Waals surface area contributed by atoms with E-state index in [9.17, 15) is 18.0 Å². The molecule has 1 aromatic rings. The van der Waals surface area contributed by atoms with Gasteiger partial charge in [-0.15, -0.1) is 0 Å². The Kier molecular flexibility index (Phi) is 3.60. The Balaban J connectivity index is 3.23. The van der Waals surface area contributed by atoms with Crippen molar-refractivity contribution in [2.75, 3.05) is 0 Å². The van der Waals surface area contributed by atoms with Crippen LogP contribution >= 0.6 is 11.6 Å². The summed E-state index contributed by atoms with van der Waals surface area (Å²) in [5.41, 5.74) is 4.56. The van der Waals surface area contributed by atoms with E-state index in [1.54, 1.807) is 0 Å². The molecule has 1 rings (SSSR count). The van der Waals surface area contributed by atoms with Gasteiger partial charge in [-0.3, -0.25) is 4.79 Å². The number of ketones is 1. The van der Waals surface area contributed by atoms with Crippen molar-refractivity contribution in [3.63, 3.8) is 0 Å². The van der Waals surface area contributed by atoms with Gasteiger partial charge in [-0.05, 0) is 24.6 Å². The van der Waals surface area contributed by atoms with Crippen LogP contribution in [0.15, 0.2) is 18.2 Å². The summed E-state index contributed by atoms with van der Waals surface area (Å²) in [5.74, 6) is -0.407. The Bertz CT molecular complexity index is 417. The van der Waals surface area contributed by atoms with E-state index in [0.717, 1.165) is 12.1 Å². The van der Waals surface area contributed by atoms with E-state index in [1.165, 1.54) is 13.0 Å². The normalized spacial score (nSPS) is 13.6. The molecule has 0 spiro atoms. The van der Waals surface area contributed by atoms with Crippen LogP contribution in [0.4, 0.5) is 13.2 Å². The van der Waals surface area contributed by atoms with Crippen molar-refractivity contribution in [3.8, 4) is 0 Å².